The maximum Gasteiger partial charge on any atom is 0.317 e. The topological polar surface area (TPSA) is 55.4 Å². The van der Waals surface area contributed by atoms with E-state index in [0.29, 0.717) is 12.8 Å². The standard InChI is InChI=1S/C12H17BrFNO3/c1-2-18-12(17)8-5-15-10-7(11(8)16)3-6(13)4-9(10)14/h6-10,15H,2-5H2,1H3. The molecule has 4 nitrogen and oxygen atoms in total. The van der Waals surface area contributed by atoms with Crippen LogP contribution in [0.15, 0.2) is 0 Å². The Labute approximate surface area is 114 Å². The molecule has 0 aromatic carbocycles. The number of carbonyl (C=O) groups excluding carboxylic acids is 2. The molecule has 5 atom stereocenters. The lowest BCUT2D eigenvalue weighted by atomic mass is 9.74. The summed E-state index contributed by atoms with van der Waals surface area (Å²) in [5, 5.41) is 2.99. The van der Waals surface area contributed by atoms with E-state index < -0.39 is 30.0 Å². The Kier molecular flexibility index (Phi) is 4.37. The Hall–Kier alpha value is -0.490. The average Bonchev–Trinajstić information content (AvgIpc) is 2.30. The molecule has 2 rings (SSSR count). The van der Waals surface area contributed by atoms with Gasteiger partial charge in [-0.2, -0.15) is 0 Å². The summed E-state index contributed by atoms with van der Waals surface area (Å²) in [4.78, 5) is 23.9. The molecule has 1 saturated carbocycles. The first-order chi connectivity index (χ1) is 8.54. The maximum absolute atomic E-state index is 13.9. The number of ketones is 1. The molecule has 0 radical (unpaired) electrons. The quantitative estimate of drug-likeness (QED) is 0.472. The number of Topliss-reactive ketones (excluding diaryl/α,β-unsaturated/α-hetero) is 1. The summed E-state index contributed by atoms with van der Waals surface area (Å²) in [6, 6.07) is -0.447. The number of halogens is 2. The van der Waals surface area contributed by atoms with Crippen molar-refractivity contribution in [2.24, 2.45) is 11.8 Å². The lowest BCUT2D eigenvalue weighted by molar-refractivity contribution is -0.155. The Bertz CT molecular complexity index is 352. The van der Waals surface area contributed by atoms with Crippen molar-refractivity contribution in [3.63, 3.8) is 0 Å². The Morgan fingerprint density at radius 2 is 2.28 bits per heavy atom. The zero-order valence-electron chi connectivity index (χ0n) is 10.2. The Morgan fingerprint density at radius 1 is 1.56 bits per heavy atom. The van der Waals surface area contributed by atoms with Crippen LogP contribution in [0.1, 0.15) is 19.8 Å². The molecule has 1 N–H and O–H groups in total. The first kappa shape index (κ1) is 13.9. The van der Waals surface area contributed by atoms with E-state index in [0.717, 1.165) is 0 Å². The predicted molar refractivity (Wildman–Crippen MR) is 67.3 cm³/mol. The van der Waals surface area contributed by atoms with Crippen molar-refractivity contribution in [2.75, 3.05) is 13.2 Å². The number of hydrogen-bond acceptors (Lipinski definition) is 4. The van der Waals surface area contributed by atoms with Crippen molar-refractivity contribution in [2.45, 2.75) is 36.8 Å². The second-order valence-electron chi connectivity index (χ2n) is 4.83. The molecular weight excluding hydrogens is 305 g/mol. The second-order valence-corrected chi connectivity index (χ2v) is 6.13. The van der Waals surface area contributed by atoms with E-state index in [1.54, 1.807) is 6.92 Å². The summed E-state index contributed by atoms with van der Waals surface area (Å²) < 4.78 is 18.7. The van der Waals surface area contributed by atoms with Crippen molar-refractivity contribution >= 4 is 27.7 Å². The van der Waals surface area contributed by atoms with Gasteiger partial charge in [0.15, 0.2) is 5.78 Å². The van der Waals surface area contributed by atoms with Gasteiger partial charge in [-0.3, -0.25) is 9.59 Å². The first-order valence-electron chi connectivity index (χ1n) is 6.26. The third kappa shape index (κ3) is 2.59. The minimum atomic E-state index is -1.04. The van der Waals surface area contributed by atoms with Crippen molar-refractivity contribution in [1.82, 2.24) is 5.32 Å². The number of fused-ring (bicyclic) bond motifs is 1. The summed E-state index contributed by atoms with van der Waals surface area (Å²) >= 11 is 3.37. The van der Waals surface area contributed by atoms with E-state index in [1.807, 2.05) is 0 Å². The van der Waals surface area contributed by atoms with Crippen LogP contribution in [0.4, 0.5) is 4.39 Å². The molecule has 1 aliphatic carbocycles. The molecule has 2 fully saturated rings. The van der Waals surface area contributed by atoms with Crippen LogP contribution in [-0.4, -0.2) is 41.9 Å². The van der Waals surface area contributed by atoms with Crippen LogP contribution < -0.4 is 5.32 Å². The molecule has 1 saturated heterocycles. The van der Waals surface area contributed by atoms with Crippen LogP contribution in [0, 0.1) is 11.8 Å². The van der Waals surface area contributed by atoms with E-state index in [1.165, 1.54) is 0 Å². The van der Waals surface area contributed by atoms with E-state index in [2.05, 4.69) is 21.2 Å². The van der Waals surface area contributed by atoms with Gasteiger partial charge in [0.05, 0.1) is 6.61 Å². The summed E-state index contributed by atoms with van der Waals surface area (Å²) in [6.45, 7) is 2.14. The fourth-order valence-electron chi connectivity index (χ4n) is 2.78. The molecule has 0 bridgehead atoms. The average molecular weight is 322 g/mol. The largest absolute Gasteiger partial charge is 0.465 e. The van der Waals surface area contributed by atoms with Gasteiger partial charge >= 0.3 is 5.97 Å². The van der Waals surface area contributed by atoms with Gasteiger partial charge in [-0.25, -0.2) is 4.39 Å². The molecule has 0 amide bonds. The zero-order valence-corrected chi connectivity index (χ0v) is 11.8. The minimum absolute atomic E-state index is 0.000413. The SMILES string of the molecule is CCOC(=O)C1CNC2C(F)CC(Br)CC2C1=O. The van der Waals surface area contributed by atoms with Crippen molar-refractivity contribution in [3.05, 3.63) is 0 Å². The molecule has 2 aliphatic rings. The predicted octanol–water partition coefficient (Wildman–Crippen LogP) is 1.22. The Morgan fingerprint density at radius 3 is 2.94 bits per heavy atom. The molecule has 5 unspecified atom stereocenters. The monoisotopic (exact) mass is 321 g/mol. The van der Waals surface area contributed by atoms with Gasteiger partial charge in [0.25, 0.3) is 0 Å². The summed E-state index contributed by atoms with van der Waals surface area (Å²) in [5.41, 5.74) is 0. The highest BCUT2D eigenvalue weighted by molar-refractivity contribution is 9.09. The van der Waals surface area contributed by atoms with E-state index >= 15 is 0 Å². The van der Waals surface area contributed by atoms with Gasteiger partial charge < -0.3 is 10.1 Å². The molecule has 0 spiro atoms. The lowest BCUT2D eigenvalue weighted by Crippen LogP contribution is -2.60. The molecule has 0 aromatic heterocycles. The number of ether oxygens (including phenoxy) is 1. The summed E-state index contributed by atoms with van der Waals surface area (Å²) in [5.74, 6) is -1.89. The summed E-state index contributed by atoms with van der Waals surface area (Å²) in [6.07, 6.45) is -0.0570. The molecule has 18 heavy (non-hydrogen) atoms. The van der Waals surface area contributed by atoms with Crippen LogP contribution in [-0.2, 0) is 14.3 Å². The number of alkyl halides is 2. The summed E-state index contributed by atoms with van der Waals surface area (Å²) in [7, 11) is 0. The fraction of sp³-hybridized carbons (Fsp3) is 0.833. The van der Waals surface area contributed by atoms with Crippen LogP contribution in [0.25, 0.3) is 0 Å². The van der Waals surface area contributed by atoms with E-state index in [-0.39, 0.29) is 23.8 Å². The van der Waals surface area contributed by atoms with Crippen molar-refractivity contribution < 1.29 is 18.7 Å². The van der Waals surface area contributed by atoms with Gasteiger partial charge in [-0.05, 0) is 19.8 Å². The zero-order chi connectivity index (χ0) is 13.3. The number of rotatable bonds is 2. The van der Waals surface area contributed by atoms with Gasteiger partial charge in [-0.1, -0.05) is 15.9 Å². The molecule has 0 aromatic rings. The van der Waals surface area contributed by atoms with Gasteiger partial charge in [0, 0.05) is 23.3 Å². The fourth-order valence-corrected chi connectivity index (χ4v) is 3.54. The molecule has 102 valence electrons. The number of esters is 1. The third-order valence-corrected chi connectivity index (χ3v) is 4.40. The number of piperidine rings is 1. The normalized spacial score (nSPS) is 40.2. The van der Waals surface area contributed by atoms with Crippen LogP contribution in [0.2, 0.25) is 0 Å². The van der Waals surface area contributed by atoms with Crippen molar-refractivity contribution in [1.29, 1.82) is 0 Å². The highest BCUT2D eigenvalue weighted by Crippen LogP contribution is 2.35. The maximum atomic E-state index is 13.9. The molecule has 1 aliphatic heterocycles. The van der Waals surface area contributed by atoms with Gasteiger partial charge in [0.2, 0.25) is 0 Å². The smallest absolute Gasteiger partial charge is 0.317 e. The molecule has 1 heterocycles. The Balaban J connectivity index is 2.09. The minimum Gasteiger partial charge on any atom is -0.465 e. The van der Waals surface area contributed by atoms with Crippen LogP contribution in [0.5, 0.6) is 0 Å². The third-order valence-electron chi connectivity index (χ3n) is 3.65. The lowest BCUT2D eigenvalue weighted by Gasteiger charge is -2.41. The van der Waals surface area contributed by atoms with Crippen molar-refractivity contribution in [3.8, 4) is 0 Å². The number of carbonyl (C=O) groups is 2. The van der Waals surface area contributed by atoms with E-state index in [4.69, 9.17) is 4.74 Å². The molecular formula is C12H17BrFNO3. The molecule has 6 heteroatoms. The second kappa shape index (κ2) is 5.65. The van der Waals surface area contributed by atoms with Crippen LogP contribution in [0.3, 0.4) is 0 Å². The first-order valence-corrected chi connectivity index (χ1v) is 7.18. The van der Waals surface area contributed by atoms with Crippen LogP contribution >= 0.6 is 15.9 Å². The highest BCUT2D eigenvalue weighted by atomic mass is 79.9. The number of hydrogen-bond donors (Lipinski definition) is 1. The van der Waals surface area contributed by atoms with Gasteiger partial charge in [0.1, 0.15) is 12.1 Å². The van der Waals surface area contributed by atoms with Gasteiger partial charge in [-0.15, -0.1) is 0 Å². The highest BCUT2D eigenvalue weighted by Gasteiger charge is 2.48. The van der Waals surface area contributed by atoms with E-state index in [9.17, 15) is 14.0 Å². The number of nitrogens with one attached hydrogen (secondary N) is 1.